The predicted molar refractivity (Wildman–Crippen MR) is 71.7 cm³/mol. The van der Waals surface area contributed by atoms with Gasteiger partial charge in [0.05, 0.1) is 10.9 Å². The average molecular weight is 300 g/mol. The molecule has 1 aromatic carbocycles. The van der Waals surface area contributed by atoms with Gasteiger partial charge in [-0.25, -0.2) is 13.1 Å². The Balaban J connectivity index is 2.88. The van der Waals surface area contributed by atoms with E-state index in [-0.39, 0.29) is 10.8 Å². The van der Waals surface area contributed by atoms with Gasteiger partial charge >= 0.3 is 0 Å². The van der Waals surface area contributed by atoms with Crippen LogP contribution in [0.15, 0.2) is 23.1 Å². The number of rotatable bonds is 7. The highest BCUT2D eigenvalue weighted by Gasteiger charge is 2.15. The second kappa shape index (κ2) is 6.71. The average Bonchev–Trinajstić information content (AvgIpc) is 2.34. The Hall–Kier alpha value is -1.60. The van der Waals surface area contributed by atoms with Crippen LogP contribution < -0.4 is 14.6 Å². The van der Waals surface area contributed by atoms with Crippen molar-refractivity contribution in [3.8, 4) is 5.75 Å². The first kappa shape index (κ1) is 16.5. The molecule has 0 heterocycles. The van der Waals surface area contributed by atoms with Crippen LogP contribution in [0.2, 0.25) is 0 Å². The zero-order valence-electron chi connectivity index (χ0n) is 11.7. The number of aryl methyl sites for hydroxylation is 1. The summed E-state index contributed by atoms with van der Waals surface area (Å²) in [6, 6.07) is 4.25. The lowest BCUT2D eigenvalue weighted by Gasteiger charge is -2.12. The number of aliphatic carboxylic acids is 1. The van der Waals surface area contributed by atoms with Gasteiger partial charge in [-0.2, -0.15) is 0 Å². The van der Waals surface area contributed by atoms with Crippen molar-refractivity contribution in [2.45, 2.75) is 25.7 Å². The number of carbonyl (C=O) groups excluding carboxylic acids is 1. The largest absolute Gasteiger partial charge is 0.546 e. The van der Waals surface area contributed by atoms with E-state index in [1.54, 1.807) is 6.92 Å². The number of sulfonamides is 1. The van der Waals surface area contributed by atoms with E-state index in [0.717, 1.165) is 0 Å². The molecule has 0 saturated heterocycles. The number of ether oxygens (including phenoxy) is 1. The predicted octanol–water partition coefficient (Wildman–Crippen LogP) is 0.0580. The van der Waals surface area contributed by atoms with E-state index < -0.39 is 22.6 Å². The maximum Gasteiger partial charge on any atom is 0.240 e. The molecule has 0 radical (unpaired) electrons. The summed E-state index contributed by atoms with van der Waals surface area (Å²) in [5.74, 6) is -0.812. The van der Waals surface area contributed by atoms with Gasteiger partial charge in [-0.15, -0.1) is 0 Å². The number of carbonyl (C=O) groups is 1. The summed E-state index contributed by atoms with van der Waals surface area (Å²) in [6.45, 7) is 5.24. The monoisotopic (exact) mass is 300 g/mol. The van der Waals surface area contributed by atoms with Crippen LogP contribution in [0.1, 0.15) is 19.4 Å². The smallest absolute Gasteiger partial charge is 0.240 e. The molecule has 20 heavy (non-hydrogen) atoms. The van der Waals surface area contributed by atoms with E-state index in [2.05, 4.69) is 4.72 Å². The molecule has 6 nitrogen and oxygen atoms in total. The van der Waals surface area contributed by atoms with Gasteiger partial charge in [-0.3, -0.25) is 0 Å². The van der Waals surface area contributed by atoms with Crippen molar-refractivity contribution in [3.63, 3.8) is 0 Å². The summed E-state index contributed by atoms with van der Waals surface area (Å²) >= 11 is 0. The Morgan fingerprint density at radius 1 is 1.40 bits per heavy atom. The zero-order valence-corrected chi connectivity index (χ0v) is 12.5. The molecule has 0 fully saturated rings. The van der Waals surface area contributed by atoms with Crippen LogP contribution in [0.4, 0.5) is 0 Å². The van der Waals surface area contributed by atoms with Crippen molar-refractivity contribution in [2.24, 2.45) is 5.92 Å². The third-order valence-corrected chi connectivity index (χ3v) is 3.91. The number of benzene rings is 1. The van der Waals surface area contributed by atoms with E-state index in [4.69, 9.17) is 4.74 Å². The first-order valence-corrected chi connectivity index (χ1v) is 7.63. The molecule has 1 rings (SSSR count). The van der Waals surface area contributed by atoms with Crippen LogP contribution in [-0.4, -0.2) is 27.5 Å². The molecule has 1 N–H and O–H groups in total. The summed E-state index contributed by atoms with van der Waals surface area (Å²) in [5, 5.41) is 10.3. The SMILES string of the molecule is Cc1cc(S(=O)(=O)NCC(C)C)ccc1OCC(=O)[O-]. The molecule has 1 aromatic rings. The number of hydrogen-bond acceptors (Lipinski definition) is 5. The van der Waals surface area contributed by atoms with Gasteiger partial charge in [-0.1, -0.05) is 13.8 Å². The van der Waals surface area contributed by atoms with Crippen molar-refractivity contribution in [1.29, 1.82) is 0 Å². The lowest BCUT2D eigenvalue weighted by Crippen LogP contribution is -2.29. The van der Waals surface area contributed by atoms with Crippen LogP contribution >= 0.6 is 0 Å². The number of carboxylic acids is 1. The molecular formula is C13H18NO5S-. The summed E-state index contributed by atoms with van der Waals surface area (Å²) in [4.78, 5) is 10.4. The highest BCUT2D eigenvalue weighted by atomic mass is 32.2. The van der Waals surface area contributed by atoms with Crippen molar-refractivity contribution >= 4 is 16.0 Å². The van der Waals surface area contributed by atoms with E-state index in [0.29, 0.717) is 17.9 Å². The Labute approximate surface area is 118 Å². The van der Waals surface area contributed by atoms with E-state index in [1.165, 1.54) is 18.2 Å². The molecule has 0 bridgehead atoms. The van der Waals surface area contributed by atoms with Gasteiger partial charge in [0.2, 0.25) is 10.0 Å². The topological polar surface area (TPSA) is 95.5 Å². The molecule has 0 spiro atoms. The van der Waals surface area contributed by atoms with E-state index in [1.807, 2.05) is 13.8 Å². The molecule has 0 aliphatic heterocycles. The first-order valence-electron chi connectivity index (χ1n) is 6.15. The molecule has 0 amide bonds. The summed E-state index contributed by atoms with van der Waals surface area (Å²) < 4.78 is 31.5. The Morgan fingerprint density at radius 2 is 2.05 bits per heavy atom. The highest BCUT2D eigenvalue weighted by molar-refractivity contribution is 7.89. The lowest BCUT2D eigenvalue weighted by molar-refractivity contribution is -0.307. The van der Waals surface area contributed by atoms with Crippen LogP contribution in [0, 0.1) is 12.8 Å². The molecule has 0 atom stereocenters. The number of nitrogens with one attached hydrogen (secondary N) is 1. The van der Waals surface area contributed by atoms with Gasteiger partial charge in [0.15, 0.2) is 0 Å². The number of carboxylic acid groups (broad SMARTS) is 1. The minimum absolute atomic E-state index is 0.122. The van der Waals surface area contributed by atoms with Crippen LogP contribution in [0.3, 0.4) is 0 Å². The fraction of sp³-hybridized carbons (Fsp3) is 0.462. The number of hydrogen-bond donors (Lipinski definition) is 1. The fourth-order valence-electron chi connectivity index (χ4n) is 1.45. The molecule has 0 aliphatic carbocycles. The highest BCUT2D eigenvalue weighted by Crippen LogP contribution is 2.21. The Bertz CT molecular complexity index is 580. The van der Waals surface area contributed by atoms with Crippen LogP contribution in [0.25, 0.3) is 0 Å². The molecular weight excluding hydrogens is 282 g/mol. The van der Waals surface area contributed by atoms with Crippen molar-refractivity contribution in [3.05, 3.63) is 23.8 Å². The van der Waals surface area contributed by atoms with E-state index in [9.17, 15) is 18.3 Å². The normalized spacial score (nSPS) is 11.6. The van der Waals surface area contributed by atoms with Crippen molar-refractivity contribution < 1.29 is 23.1 Å². The zero-order chi connectivity index (χ0) is 15.3. The Kier molecular flexibility index (Phi) is 5.52. The minimum atomic E-state index is -3.56. The molecule has 112 valence electrons. The van der Waals surface area contributed by atoms with E-state index >= 15 is 0 Å². The summed E-state index contributed by atoms with van der Waals surface area (Å²) in [6.07, 6.45) is 0. The maximum atomic E-state index is 12.0. The van der Waals surface area contributed by atoms with Crippen LogP contribution in [-0.2, 0) is 14.8 Å². The third kappa shape index (κ3) is 4.82. The first-order chi connectivity index (χ1) is 9.22. The summed E-state index contributed by atoms with van der Waals surface area (Å²) in [7, 11) is -3.56. The summed E-state index contributed by atoms with van der Waals surface area (Å²) in [5.41, 5.74) is 0.540. The van der Waals surface area contributed by atoms with Gasteiger partial charge in [0, 0.05) is 6.54 Å². The van der Waals surface area contributed by atoms with Gasteiger partial charge in [0.25, 0.3) is 0 Å². The van der Waals surface area contributed by atoms with Crippen molar-refractivity contribution in [1.82, 2.24) is 4.72 Å². The molecule has 0 aliphatic rings. The third-order valence-electron chi connectivity index (χ3n) is 2.48. The molecule has 0 unspecified atom stereocenters. The molecule has 0 saturated carbocycles. The van der Waals surface area contributed by atoms with Crippen molar-refractivity contribution in [2.75, 3.05) is 13.2 Å². The van der Waals surface area contributed by atoms with Gasteiger partial charge in [0.1, 0.15) is 12.4 Å². The van der Waals surface area contributed by atoms with Gasteiger partial charge in [-0.05, 0) is 36.6 Å². The minimum Gasteiger partial charge on any atom is -0.546 e. The second-order valence-electron chi connectivity index (χ2n) is 4.83. The van der Waals surface area contributed by atoms with Gasteiger partial charge < -0.3 is 14.6 Å². The van der Waals surface area contributed by atoms with Crippen LogP contribution in [0.5, 0.6) is 5.75 Å². The Morgan fingerprint density at radius 3 is 2.55 bits per heavy atom. The maximum absolute atomic E-state index is 12.0. The molecule has 7 heteroatoms. The standard InChI is InChI=1S/C13H19NO5S/c1-9(2)7-14-20(17,18)11-4-5-12(10(3)6-11)19-8-13(15)16/h4-6,9,14H,7-8H2,1-3H3,(H,15,16)/p-1. The molecule has 0 aromatic heterocycles. The lowest BCUT2D eigenvalue weighted by atomic mass is 10.2. The quantitative estimate of drug-likeness (QED) is 0.768. The second-order valence-corrected chi connectivity index (χ2v) is 6.60. The fourth-order valence-corrected chi connectivity index (χ4v) is 2.75.